The molecule has 0 atom stereocenters. The van der Waals surface area contributed by atoms with Crippen molar-refractivity contribution in [3.8, 4) is 0 Å². The number of aliphatic hydroxyl groups is 1. The highest BCUT2D eigenvalue weighted by Crippen LogP contribution is 2.27. The van der Waals surface area contributed by atoms with Gasteiger partial charge in [-0.2, -0.15) is 8.78 Å². The molecule has 0 aromatic heterocycles. The fourth-order valence-corrected chi connectivity index (χ4v) is 1.11. The van der Waals surface area contributed by atoms with Crippen molar-refractivity contribution in [1.29, 1.82) is 0 Å². The second kappa shape index (κ2) is 3.83. The Morgan fingerprint density at radius 3 is 2.62 bits per heavy atom. The molecule has 1 nitrogen and oxygen atoms in total. The van der Waals surface area contributed by atoms with Crippen LogP contribution in [0, 0.1) is 0 Å². The zero-order valence-corrected chi connectivity index (χ0v) is 7.43. The van der Waals surface area contributed by atoms with Crippen molar-refractivity contribution in [2.24, 2.45) is 0 Å². The molecule has 0 radical (unpaired) electrons. The number of halogens is 2. The van der Waals surface area contributed by atoms with E-state index < -0.39 is 12.5 Å². The van der Waals surface area contributed by atoms with E-state index in [1.54, 1.807) is 12.1 Å². The van der Waals surface area contributed by atoms with Gasteiger partial charge in [0.05, 0.1) is 0 Å². The zero-order valence-electron chi connectivity index (χ0n) is 7.43. The van der Waals surface area contributed by atoms with E-state index in [1.807, 2.05) is 6.92 Å². The van der Waals surface area contributed by atoms with E-state index in [4.69, 9.17) is 5.11 Å². The number of benzene rings is 1. The third-order valence-electron chi connectivity index (χ3n) is 1.96. The molecule has 0 aliphatic carbocycles. The van der Waals surface area contributed by atoms with Crippen LogP contribution in [-0.2, 0) is 12.3 Å². The minimum atomic E-state index is -3.12. The normalized spacial score (nSPS) is 11.7. The van der Waals surface area contributed by atoms with Gasteiger partial charge in [-0.3, -0.25) is 0 Å². The molecule has 0 saturated heterocycles. The number of aryl methyl sites for hydroxylation is 1. The van der Waals surface area contributed by atoms with Gasteiger partial charge in [-0.25, -0.2) is 0 Å². The van der Waals surface area contributed by atoms with Crippen molar-refractivity contribution in [2.45, 2.75) is 19.3 Å². The summed E-state index contributed by atoms with van der Waals surface area (Å²) in [5.41, 5.74) is 0.736. The molecule has 13 heavy (non-hydrogen) atoms. The Kier molecular flexibility index (Phi) is 2.98. The molecule has 0 unspecified atom stereocenters. The summed E-state index contributed by atoms with van der Waals surface area (Å²) in [6.45, 7) is 0.760. The first kappa shape index (κ1) is 10.1. The summed E-state index contributed by atoms with van der Waals surface area (Å²) in [5, 5.41) is 8.46. The van der Waals surface area contributed by atoms with Crippen LogP contribution in [0.4, 0.5) is 8.78 Å². The Morgan fingerprint density at radius 2 is 2.08 bits per heavy atom. The van der Waals surface area contributed by atoms with Crippen LogP contribution in [-0.4, -0.2) is 11.7 Å². The van der Waals surface area contributed by atoms with Crippen LogP contribution in [0.5, 0.6) is 0 Å². The maximum absolute atomic E-state index is 13.0. The molecule has 0 fully saturated rings. The fraction of sp³-hybridized carbons (Fsp3) is 0.400. The summed E-state index contributed by atoms with van der Waals surface area (Å²) in [4.78, 5) is 0. The lowest BCUT2D eigenvalue weighted by Crippen LogP contribution is -2.18. The van der Waals surface area contributed by atoms with Gasteiger partial charge in [0.15, 0.2) is 0 Å². The highest BCUT2D eigenvalue weighted by Gasteiger charge is 2.30. The SMILES string of the molecule is CCc1cccc(C(F)(F)CO)c1. The molecule has 0 amide bonds. The van der Waals surface area contributed by atoms with Crippen LogP contribution in [0.3, 0.4) is 0 Å². The first-order chi connectivity index (χ1) is 6.10. The molecule has 0 heterocycles. The molecule has 3 heteroatoms. The standard InChI is InChI=1S/C10H12F2O/c1-2-8-4-3-5-9(6-8)10(11,12)7-13/h3-6,13H,2,7H2,1H3. The molecule has 0 aliphatic rings. The second-order valence-corrected chi connectivity index (χ2v) is 2.92. The average molecular weight is 186 g/mol. The van der Waals surface area contributed by atoms with E-state index in [0.717, 1.165) is 12.0 Å². The average Bonchev–Trinajstić information content (AvgIpc) is 2.18. The van der Waals surface area contributed by atoms with E-state index in [9.17, 15) is 8.78 Å². The smallest absolute Gasteiger partial charge is 0.295 e. The number of hydrogen-bond donors (Lipinski definition) is 1. The monoisotopic (exact) mass is 186 g/mol. The highest BCUT2D eigenvalue weighted by molar-refractivity contribution is 5.26. The first-order valence-electron chi connectivity index (χ1n) is 4.18. The summed E-state index contributed by atoms with van der Waals surface area (Å²) in [7, 11) is 0. The molecule has 0 saturated carbocycles. The van der Waals surface area contributed by atoms with Crippen molar-refractivity contribution in [1.82, 2.24) is 0 Å². The second-order valence-electron chi connectivity index (χ2n) is 2.92. The lowest BCUT2D eigenvalue weighted by Gasteiger charge is -2.13. The van der Waals surface area contributed by atoms with Crippen LogP contribution in [0.2, 0.25) is 0 Å². The Hall–Kier alpha value is -0.960. The number of alkyl halides is 2. The molecule has 1 aromatic rings. The van der Waals surface area contributed by atoms with Crippen LogP contribution in [0.25, 0.3) is 0 Å². The topological polar surface area (TPSA) is 20.2 Å². The van der Waals surface area contributed by atoms with Crippen molar-refractivity contribution in [2.75, 3.05) is 6.61 Å². The lowest BCUT2D eigenvalue weighted by molar-refractivity contribution is -0.0556. The van der Waals surface area contributed by atoms with Crippen molar-refractivity contribution in [3.63, 3.8) is 0 Å². The zero-order chi connectivity index (χ0) is 9.90. The van der Waals surface area contributed by atoms with Gasteiger partial charge in [0.2, 0.25) is 0 Å². The maximum atomic E-state index is 13.0. The van der Waals surface area contributed by atoms with Gasteiger partial charge in [-0.05, 0) is 18.1 Å². The minimum Gasteiger partial charge on any atom is -0.390 e. The molecular formula is C10H12F2O. The van der Waals surface area contributed by atoms with Gasteiger partial charge in [0.25, 0.3) is 5.92 Å². The van der Waals surface area contributed by atoms with Crippen molar-refractivity contribution < 1.29 is 13.9 Å². The van der Waals surface area contributed by atoms with Gasteiger partial charge in [0, 0.05) is 5.56 Å². The Bertz CT molecular complexity index is 284. The van der Waals surface area contributed by atoms with Gasteiger partial charge in [0.1, 0.15) is 6.61 Å². The summed E-state index contributed by atoms with van der Waals surface area (Å²) in [5.74, 6) is -3.12. The lowest BCUT2D eigenvalue weighted by atomic mass is 10.0. The molecule has 1 N–H and O–H groups in total. The van der Waals surface area contributed by atoms with E-state index >= 15 is 0 Å². The summed E-state index contributed by atoms with van der Waals surface area (Å²) >= 11 is 0. The summed E-state index contributed by atoms with van der Waals surface area (Å²) < 4.78 is 25.9. The molecule has 0 spiro atoms. The fourth-order valence-electron chi connectivity index (χ4n) is 1.11. The van der Waals surface area contributed by atoms with E-state index in [2.05, 4.69) is 0 Å². The predicted octanol–water partition coefficient (Wildman–Crippen LogP) is 2.33. The number of hydrogen-bond acceptors (Lipinski definition) is 1. The largest absolute Gasteiger partial charge is 0.390 e. The van der Waals surface area contributed by atoms with E-state index in [-0.39, 0.29) is 5.56 Å². The van der Waals surface area contributed by atoms with Crippen LogP contribution >= 0.6 is 0 Å². The molecule has 0 bridgehead atoms. The van der Waals surface area contributed by atoms with Crippen LogP contribution in [0.1, 0.15) is 18.1 Å². The van der Waals surface area contributed by atoms with Gasteiger partial charge >= 0.3 is 0 Å². The third kappa shape index (κ3) is 2.25. The first-order valence-corrected chi connectivity index (χ1v) is 4.18. The molecule has 72 valence electrons. The van der Waals surface area contributed by atoms with Gasteiger partial charge < -0.3 is 5.11 Å². The number of rotatable bonds is 3. The minimum absolute atomic E-state index is 0.116. The Morgan fingerprint density at radius 1 is 1.38 bits per heavy atom. The maximum Gasteiger partial charge on any atom is 0.295 e. The van der Waals surface area contributed by atoms with E-state index in [1.165, 1.54) is 12.1 Å². The van der Waals surface area contributed by atoms with E-state index in [0.29, 0.717) is 0 Å². The Labute approximate surface area is 76.0 Å². The molecule has 0 aliphatic heterocycles. The summed E-state index contributed by atoms with van der Waals surface area (Å²) in [6, 6.07) is 6.13. The Balaban J connectivity index is 3.01. The van der Waals surface area contributed by atoms with Crippen LogP contribution < -0.4 is 0 Å². The van der Waals surface area contributed by atoms with Crippen molar-refractivity contribution >= 4 is 0 Å². The quantitative estimate of drug-likeness (QED) is 0.768. The van der Waals surface area contributed by atoms with Gasteiger partial charge in [-0.15, -0.1) is 0 Å². The van der Waals surface area contributed by atoms with Crippen molar-refractivity contribution in [3.05, 3.63) is 35.4 Å². The number of aliphatic hydroxyl groups excluding tert-OH is 1. The summed E-state index contributed by atoms with van der Waals surface area (Å²) in [6.07, 6.45) is 0.718. The van der Waals surface area contributed by atoms with Crippen LogP contribution in [0.15, 0.2) is 24.3 Å². The molecule has 1 rings (SSSR count). The molecular weight excluding hydrogens is 174 g/mol. The molecule has 1 aromatic carbocycles. The highest BCUT2D eigenvalue weighted by atomic mass is 19.3. The third-order valence-corrected chi connectivity index (χ3v) is 1.96. The van der Waals surface area contributed by atoms with Gasteiger partial charge in [-0.1, -0.05) is 25.1 Å². The predicted molar refractivity (Wildman–Crippen MR) is 46.8 cm³/mol.